The molecule has 2 aromatic rings. The number of hydrogen-bond donors (Lipinski definition) is 2. The smallest absolute Gasteiger partial charge is 0.407 e. The zero-order chi connectivity index (χ0) is 22.7. The van der Waals surface area contributed by atoms with Gasteiger partial charge in [0, 0.05) is 24.7 Å². The second-order valence-corrected chi connectivity index (χ2v) is 9.37. The van der Waals surface area contributed by atoms with Gasteiger partial charge in [-0.1, -0.05) is 0 Å². The molecule has 0 aliphatic carbocycles. The van der Waals surface area contributed by atoms with E-state index in [0.717, 1.165) is 0 Å². The van der Waals surface area contributed by atoms with E-state index in [-0.39, 0.29) is 17.5 Å². The highest BCUT2D eigenvalue weighted by Gasteiger charge is 2.33. The molecule has 10 heteroatoms. The maximum Gasteiger partial charge on any atom is 0.407 e. The Morgan fingerprint density at radius 3 is 2.68 bits per heavy atom. The Morgan fingerprint density at radius 2 is 2.00 bits per heavy atom. The highest BCUT2D eigenvalue weighted by Crippen LogP contribution is 2.38. The first-order valence-corrected chi connectivity index (χ1v) is 10.5. The lowest BCUT2D eigenvalue weighted by Crippen LogP contribution is -2.46. The van der Waals surface area contributed by atoms with Crippen LogP contribution < -0.4 is 27.3 Å². The average molecular weight is 433 g/mol. The maximum atomic E-state index is 15.3. The highest BCUT2D eigenvalue weighted by atomic mass is 19.1. The predicted molar refractivity (Wildman–Crippen MR) is 116 cm³/mol. The van der Waals surface area contributed by atoms with Gasteiger partial charge >= 0.3 is 11.8 Å². The number of nitrogen functional groups attached to an aromatic ring is 1. The minimum absolute atomic E-state index is 0.104. The Morgan fingerprint density at radius 1 is 1.29 bits per heavy atom. The van der Waals surface area contributed by atoms with Crippen molar-refractivity contribution in [2.24, 2.45) is 0 Å². The third-order valence-electron chi connectivity index (χ3n) is 5.90. The zero-order valence-electron chi connectivity index (χ0n) is 18.2. The first kappa shape index (κ1) is 21.2. The second kappa shape index (κ2) is 7.28. The fourth-order valence-electron chi connectivity index (χ4n) is 4.57. The van der Waals surface area contributed by atoms with Gasteiger partial charge in [0.1, 0.15) is 11.4 Å². The minimum Gasteiger partial charge on any atom is -0.444 e. The van der Waals surface area contributed by atoms with Crippen LogP contribution in [0.15, 0.2) is 15.7 Å². The molecule has 1 amide bonds. The van der Waals surface area contributed by atoms with Crippen LogP contribution in [0.5, 0.6) is 0 Å². The van der Waals surface area contributed by atoms with Crippen LogP contribution in [0.25, 0.3) is 10.9 Å². The van der Waals surface area contributed by atoms with Crippen LogP contribution >= 0.6 is 0 Å². The van der Waals surface area contributed by atoms with Crippen LogP contribution in [-0.4, -0.2) is 40.1 Å². The summed E-state index contributed by atoms with van der Waals surface area (Å²) in [6.45, 7) is 8.19. The first-order valence-electron chi connectivity index (χ1n) is 10.5. The van der Waals surface area contributed by atoms with Crippen molar-refractivity contribution in [3.63, 3.8) is 0 Å². The van der Waals surface area contributed by atoms with E-state index >= 15 is 4.39 Å². The topological polar surface area (TPSA) is 112 Å². The van der Waals surface area contributed by atoms with Crippen molar-refractivity contribution in [2.75, 3.05) is 23.8 Å². The number of ether oxygens (including phenoxy) is 1. The van der Waals surface area contributed by atoms with Crippen LogP contribution in [-0.2, 0) is 11.2 Å². The first-order chi connectivity index (χ1) is 14.5. The summed E-state index contributed by atoms with van der Waals surface area (Å²) >= 11 is 0. The van der Waals surface area contributed by atoms with Gasteiger partial charge in [-0.15, -0.1) is 0 Å². The summed E-state index contributed by atoms with van der Waals surface area (Å²) in [5.74, 6) is 5.13. The molecule has 0 bridgehead atoms. The Hall–Kier alpha value is -3.04. The Bertz CT molecular complexity index is 1180. The molecule has 2 atom stereocenters. The molecule has 1 unspecified atom stereocenters. The van der Waals surface area contributed by atoms with Crippen LogP contribution in [0.4, 0.5) is 14.9 Å². The molecule has 1 aromatic heterocycles. The Balaban J connectivity index is 1.73. The van der Waals surface area contributed by atoms with Crippen LogP contribution in [0.2, 0.25) is 0 Å². The molecular formula is C21H28FN5O4. The monoisotopic (exact) mass is 433 g/mol. The largest absolute Gasteiger partial charge is 0.444 e. The molecule has 1 aromatic carbocycles. The van der Waals surface area contributed by atoms with E-state index in [1.807, 2.05) is 11.8 Å². The molecule has 168 valence electrons. The number of anilines is 1. The van der Waals surface area contributed by atoms with E-state index in [4.69, 9.17) is 10.6 Å². The molecule has 0 radical (unpaired) electrons. The summed E-state index contributed by atoms with van der Waals surface area (Å²) in [7, 11) is 0. The minimum atomic E-state index is -0.706. The standard InChI is InChI=1S/C21H28FN5O4/c1-11-5-6-13-16-14(18(28)27(23)20(30)26(11)16)9-15(22)17(13)25-8-7-12(10-25)24-19(29)31-21(2,3)4/h9,11-12H,5-8,10,23H2,1-4H3,(H,24,29)/t11?,12-/m0/s1. The number of nitrogens with two attached hydrogens (primary N) is 1. The van der Waals surface area contributed by atoms with Crippen LogP contribution in [0, 0.1) is 5.82 Å². The molecule has 2 aliphatic rings. The van der Waals surface area contributed by atoms with Crippen molar-refractivity contribution in [3.8, 4) is 0 Å². The molecule has 0 saturated carbocycles. The summed E-state index contributed by atoms with van der Waals surface area (Å²) in [5, 5.41) is 2.94. The zero-order valence-corrected chi connectivity index (χ0v) is 18.2. The molecule has 0 spiro atoms. The van der Waals surface area contributed by atoms with Gasteiger partial charge in [-0.2, -0.15) is 4.68 Å². The van der Waals surface area contributed by atoms with Gasteiger partial charge in [-0.05, 0) is 53.0 Å². The van der Waals surface area contributed by atoms with Gasteiger partial charge in [0.2, 0.25) is 0 Å². The van der Waals surface area contributed by atoms with Gasteiger partial charge in [0.05, 0.1) is 22.6 Å². The fraction of sp³-hybridized carbons (Fsp3) is 0.571. The number of nitrogens with one attached hydrogen (secondary N) is 1. The Labute approximate surface area is 178 Å². The average Bonchev–Trinajstić information content (AvgIpc) is 3.10. The fourth-order valence-corrected chi connectivity index (χ4v) is 4.57. The lowest BCUT2D eigenvalue weighted by molar-refractivity contribution is 0.0509. The van der Waals surface area contributed by atoms with E-state index in [1.165, 1.54) is 10.6 Å². The number of carbonyl (C=O) groups excluding carboxylic acids is 1. The summed E-state index contributed by atoms with van der Waals surface area (Å²) in [5.41, 5.74) is -0.434. The molecule has 2 aliphatic heterocycles. The second-order valence-electron chi connectivity index (χ2n) is 9.37. The number of carbonyl (C=O) groups is 1. The van der Waals surface area contributed by atoms with Crippen molar-refractivity contribution in [2.45, 2.75) is 64.6 Å². The molecule has 3 N–H and O–H groups in total. The molecule has 4 rings (SSSR count). The van der Waals surface area contributed by atoms with Crippen molar-refractivity contribution >= 4 is 22.7 Å². The maximum absolute atomic E-state index is 15.3. The third-order valence-corrected chi connectivity index (χ3v) is 5.90. The van der Waals surface area contributed by atoms with Gasteiger partial charge < -0.3 is 20.8 Å². The molecule has 3 heterocycles. The number of aryl methyl sites for hydroxylation is 1. The Kier molecular flexibility index (Phi) is 4.98. The summed E-state index contributed by atoms with van der Waals surface area (Å²) in [6, 6.07) is 0.818. The molecule has 1 saturated heterocycles. The van der Waals surface area contributed by atoms with E-state index < -0.39 is 28.8 Å². The number of nitrogens with zero attached hydrogens (tertiary/aromatic N) is 3. The van der Waals surface area contributed by atoms with E-state index in [2.05, 4.69) is 5.32 Å². The lowest BCUT2D eigenvalue weighted by Gasteiger charge is -2.30. The normalized spacial score (nSPS) is 20.9. The molecule has 9 nitrogen and oxygen atoms in total. The van der Waals surface area contributed by atoms with Gasteiger partial charge in [-0.3, -0.25) is 9.36 Å². The molecule has 31 heavy (non-hydrogen) atoms. The van der Waals surface area contributed by atoms with E-state index in [1.54, 1.807) is 20.8 Å². The van der Waals surface area contributed by atoms with Crippen molar-refractivity contribution < 1.29 is 13.9 Å². The number of hydrogen-bond acceptors (Lipinski definition) is 6. The number of halogens is 1. The molecule has 1 fully saturated rings. The van der Waals surface area contributed by atoms with Gasteiger partial charge in [0.25, 0.3) is 5.56 Å². The van der Waals surface area contributed by atoms with E-state index in [0.29, 0.717) is 53.8 Å². The van der Waals surface area contributed by atoms with Crippen molar-refractivity contribution in [1.29, 1.82) is 0 Å². The van der Waals surface area contributed by atoms with E-state index in [9.17, 15) is 14.4 Å². The lowest BCUT2D eigenvalue weighted by atomic mass is 9.95. The summed E-state index contributed by atoms with van der Waals surface area (Å²) < 4.78 is 22.6. The summed E-state index contributed by atoms with van der Waals surface area (Å²) in [6.07, 6.45) is 1.29. The predicted octanol–water partition coefficient (Wildman–Crippen LogP) is 1.63. The van der Waals surface area contributed by atoms with Gasteiger partial charge in [0.15, 0.2) is 0 Å². The van der Waals surface area contributed by atoms with Crippen molar-refractivity contribution in [1.82, 2.24) is 14.6 Å². The summed E-state index contributed by atoms with van der Waals surface area (Å²) in [4.78, 5) is 39.2. The quantitative estimate of drug-likeness (QED) is 0.697. The van der Waals surface area contributed by atoms with Crippen LogP contribution in [0.1, 0.15) is 52.1 Å². The number of rotatable bonds is 2. The van der Waals surface area contributed by atoms with Crippen LogP contribution in [0.3, 0.4) is 0 Å². The number of amides is 1. The van der Waals surface area contributed by atoms with Crippen molar-refractivity contribution in [3.05, 3.63) is 38.3 Å². The highest BCUT2D eigenvalue weighted by molar-refractivity contribution is 5.88. The number of alkyl carbamates (subject to hydrolysis) is 1. The SMILES string of the molecule is CC1CCc2c(N3CC[C@H](NC(=O)OC(C)(C)C)C3)c(F)cc3c(=O)n(N)c(=O)n1c23. The number of aromatic nitrogens is 2. The number of benzene rings is 1. The van der Waals surface area contributed by atoms with Gasteiger partial charge in [-0.25, -0.2) is 14.0 Å². The third kappa shape index (κ3) is 3.64. The molecular weight excluding hydrogens is 405 g/mol.